The van der Waals surface area contributed by atoms with Gasteiger partial charge in [-0.3, -0.25) is 15.0 Å². The van der Waals surface area contributed by atoms with Gasteiger partial charge in [0.25, 0.3) is 11.8 Å². The van der Waals surface area contributed by atoms with Crippen molar-refractivity contribution in [3.63, 3.8) is 0 Å². The molecule has 0 spiro atoms. The van der Waals surface area contributed by atoms with Crippen LogP contribution in [0.5, 0.6) is 5.75 Å². The summed E-state index contributed by atoms with van der Waals surface area (Å²) in [6, 6.07) is 11.3. The van der Waals surface area contributed by atoms with Gasteiger partial charge in [0.05, 0.1) is 5.69 Å². The summed E-state index contributed by atoms with van der Waals surface area (Å²) in [5, 5.41) is 11.5. The molecule has 7 heteroatoms. The van der Waals surface area contributed by atoms with Crippen molar-refractivity contribution < 1.29 is 14.7 Å². The van der Waals surface area contributed by atoms with Gasteiger partial charge in [-0.15, -0.1) is 0 Å². The molecular formula is C16H10BrClN2O3. The third kappa shape index (κ3) is 3.09. The lowest BCUT2D eigenvalue weighted by Crippen LogP contribution is -2.35. The molecular weight excluding hydrogens is 384 g/mol. The van der Waals surface area contributed by atoms with Gasteiger partial charge in [0, 0.05) is 15.1 Å². The topological polar surface area (TPSA) is 69.6 Å². The summed E-state index contributed by atoms with van der Waals surface area (Å²) in [5.74, 6) is -1.06. The average Bonchev–Trinajstić information content (AvgIpc) is 2.80. The van der Waals surface area contributed by atoms with Crippen LogP contribution in [0.25, 0.3) is 6.08 Å². The molecule has 2 amide bonds. The van der Waals surface area contributed by atoms with Gasteiger partial charge in [0.15, 0.2) is 0 Å². The van der Waals surface area contributed by atoms with Crippen LogP contribution in [0.3, 0.4) is 0 Å². The van der Waals surface area contributed by atoms with E-state index in [4.69, 9.17) is 11.6 Å². The lowest BCUT2D eigenvalue weighted by Gasteiger charge is -2.14. The van der Waals surface area contributed by atoms with E-state index in [0.717, 1.165) is 9.48 Å². The summed E-state index contributed by atoms with van der Waals surface area (Å²) >= 11 is 9.10. The number of rotatable bonds is 2. The number of hydrazine groups is 1. The number of hydrogen-bond acceptors (Lipinski definition) is 3. The van der Waals surface area contributed by atoms with Gasteiger partial charge >= 0.3 is 0 Å². The van der Waals surface area contributed by atoms with Crippen molar-refractivity contribution in [1.29, 1.82) is 0 Å². The van der Waals surface area contributed by atoms with E-state index in [0.29, 0.717) is 16.3 Å². The third-order valence-corrected chi connectivity index (χ3v) is 4.01. The second-order valence-corrected chi connectivity index (χ2v) is 6.17. The van der Waals surface area contributed by atoms with Crippen LogP contribution in [-0.4, -0.2) is 16.9 Å². The van der Waals surface area contributed by atoms with Crippen molar-refractivity contribution >= 4 is 51.1 Å². The van der Waals surface area contributed by atoms with Gasteiger partial charge < -0.3 is 5.11 Å². The number of nitrogens with one attached hydrogen (secondary N) is 1. The van der Waals surface area contributed by atoms with Crippen LogP contribution < -0.4 is 10.4 Å². The van der Waals surface area contributed by atoms with Crippen LogP contribution in [-0.2, 0) is 9.59 Å². The second-order valence-electron chi connectivity index (χ2n) is 4.82. The Morgan fingerprint density at radius 3 is 2.52 bits per heavy atom. The first-order valence-corrected chi connectivity index (χ1v) is 7.74. The fourth-order valence-corrected chi connectivity index (χ4v) is 2.63. The smallest absolute Gasteiger partial charge is 0.282 e. The van der Waals surface area contributed by atoms with Gasteiger partial charge in [-0.1, -0.05) is 27.5 Å². The number of carbonyl (C=O) groups excluding carboxylic acids is 2. The molecule has 0 aromatic heterocycles. The molecule has 2 aromatic rings. The highest BCUT2D eigenvalue weighted by atomic mass is 79.9. The molecule has 23 heavy (non-hydrogen) atoms. The molecule has 5 nitrogen and oxygen atoms in total. The Hall–Kier alpha value is -2.31. The summed E-state index contributed by atoms with van der Waals surface area (Å²) in [6.45, 7) is 0. The van der Waals surface area contributed by atoms with Crippen molar-refractivity contribution in [3.05, 3.63) is 63.1 Å². The maximum absolute atomic E-state index is 12.4. The Labute approximate surface area is 145 Å². The molecule has 1 fully saturated rings. The fourth-order valence-electron chi connectivity index (χ4n) is 2.13. The molecule has 1 saturated heterocycles. The van der Waals surface area contributed by atoms with Gasteiger partial charge in [-0.25, -0.2) is 5.01 Å². The fraction of sp³-hybridized carbons (Fsp3) is 0. The Balaban J connectivity index is 1.97. The van der Waals surface area contributed by atoms with Crippen LogP contribution in [0.15, 0.2) is 52.5 Å². The Morgan fingerprint density at radius 1 is 1.13 bits per heavy atom. The molecule has 0 unspecified atom stereocenters. The molecule has 2 aromatic carbocycles. The number of nitrogens with zero attached hydrogens (tertiary/aromatic N) is 1. The van der Waals surface area contributed by atoms with Crippen molar-refractivity contribution in [2.75, 3.05) is 5.01 Å². The molecule has 1 heterocycles. The molecule has 0 atom stereocenters. The highest BCUT2D eigenvalue weighted by molar-refractivity contribution is 9.10. The number of halogens is 2. The molecule has 1 aliphatic heterocycles. The number of carbonyl (C=O) groups is 2. The molecule has 0 bridgehead atoms. The van der Waals surface area contributed by atoms with Crippen molar-refractivity contribution in [2.45, 2.75) is 0 Å². The van der Waals surface area contributed by atoms with E-state index < -0.39 is 11.8 Å². The monoisotopic (exact) mass is 392 g/mol. The van der Waals surface area contributed by atoms with Crippen molar-refractivity contribution in [1.82, 2.24) is 5.43 Å². The Kier molecular flexibility index (Phi) is 4.11. The summed E-state index contributed by atoms with van der Waals surface area (Å²) < 4.78 is 0.725. The first-order chi connectivity index (χ1) is 11.0. The largest absolute Gasteiger partial charge is 0.507 e. The average molecular weight is 394 g/mol. The van der Waals surface area contributed by atoms with E-state index in [9.17, 15) is 14.7 Å². The quantitative estimate of drug-likeness (QED) is 0.608. The number of benzene rings is 2. The van der Waals surface area contributed by atoms with E-state index in [1.807, 2.05) is 0 Å². The van der Waals surface area contributed by atoms with Crippen LogP contribution in [0.1, 0.15) is 5.56 Å². The van der Waals surface area contributed by atoms with E-state index in [-0.39, 0.29) is 11.3 Å². The van der Waals surface area contributed by atoms with E-state index in [1.165, 1.54) is 12.1 Å². The normalized spacial score (nSPS) is 16.1. The zero-order chi connectivity index (χ0) is 16.6. The summed E-state index contributed by atoms with van der Waals surface area (Å²) in [4.78, 5) is 24.5. The van der Waals surface area contributed by atoms with Crippen LogP contribution in [0.2, 0.25) is 5.02 Å². The van der Waals surface area contributed by atoms with Crippen LogP contribution in [0, 0.1) is 0 Å². The van der Waals surface area contributed by atoms with E-state index in [2.05, 4.69) is 21.4 Å². The number of phenols is 1. The second kappa shape index (κ2) is 6.06. The zero-order valence-corrected chi connectivity index (χ0v) is 13.9. The number of amides is 2. The van der Waals surface area contributed by atoms with Gasteiger partial charge in [0.1, 0.15) is 11.3 Å². The number of anilines is 1. The third-order valence-electron chi connectivity index (χ3n) is 3.27. The molecule has 2 N–H and O–H groups in total. The molecule has 0 saturated carbocycles. The molecule has 0 radical (unpaired) electrons. The minimum atomic E-state index is -0.538. The van der Waals surface area contributed by atoms with Gasteiger partial charge in [-0.2, -0.15) is 0 Å². The lowest BCUT2D eigenvalue weighted by molar-refractivity contribution is -0.117. The van der Waals surface area contributed by atoms with Crippen LogP contribution >= 0.6 is 27.5 Å². The minimum Gasteiger partial charge on any atom is -0.507 e. The van der Waals surface area contributed by atoms with Crippen LogP contribution in [0.4, 0.5) is 5.69 Å². The highest BCUT2D eigenvalue weighted by Crippen LogP contribution is 2.27. The zero-order valence-electron chi connectivity index (χ0n) is 11.6. The highest BCUT2D eigenvalue weighted by Gasteiger charge is 2.34. The molecule has 1 aliphatic rings. The van der Waals surface area contributed by atoms with Crippen molar-refractivity contribution in [3.8, 4) is 5.75 Å². The number of aromatic hydroxyl groups is 1. The SMILES string of the molecule is O=C1NN(c2ccc(Cl)cc2)C(=O)/C1=C\c1cc(Br)ccc1O. The first-order valence-electron chi connectivity index (χ1n) is 6.57. The Morgan fingerprint density at radius 2 is 1.83 bits per heavy atom. The van der Waals surface area contributed by atoms with Gasteiger partial charge in [-0.05, 0) is 48.5 Å². The maximum Gasteiger partial charge on any atom is 0.282 e. The number of hydrogen-bond donors (Lipinski definition) is 2. The predicted octanol–water partition coefficient (Wildman–Crippen LogP) is 3.27. The van der Waals surface area contributed by atoms with Crippen molar-refractivity contribution in [2.24, 2.45) is 0 Å². The standard InChI is InChI=1S/C16H10BrClN2O3/c17-10-1-6-14(21)9(7-10)8-13-15(22)19-20(16(13)23)12-4-2-11(18)3-5-12/h1-8,21H,(H,19,22)/b13-8-. The summed E-state index contributed by atoms with van der Waals surface area (Å²) in [5.41, 5.74) is 3.29. The maximum atomic E-state index is 12.4. The minimum absolute atomic E-state index is 0.0220. The van der Waals surface area contributed by atoms with Gasteiger partial charge in [0.2, 0.25) is 0 Å². The Bertz CT molecular complexity index is 834. The predicted molar refractivity (Wildman–Crippen MR) is 90.9 cm³/mol. The lowest BCUT2D eigenvalue weighted by atomic mass is 10.1. The number of phenolic OH excluding ortho intramolecular Hbond substituents is 1. The summed E-state index contributed by atoms with van der Waals surface area (Å²) in [7, 11) is 0. The first kappa shape index (κ1) is 15.6. The molecule has 3 rings (SSSR count). The molecule has 116 valence electrons. The van der Waals surface area contributed by atoms with E-state index in [1.54, 1.807) is 36.4 Å². The molecule has 0 aliphatic carbocycles. The van der Waals surface area contributed by atoms with E-state index >= 15 is 0 Å². The summed E-state index contributed by atoms with van der Waals surface area (Å²) in [6.07, 6.45) is 1.35.